The van der Waals surface area contributed by atoms with Crippen molar-refractivity contribution in [2.45, 2.75) is 32.0 Å². The normalized spacial score (nSPS) is 18.9. The molecule has 0 N–H and O–H groups in total. The molecule has 0 amide bonds. The van der Waals surface area contributed by atoms with Crippen molar-refractivity contribution < 1.29 is 4.63 Å². The number of nitrogens with zero attached hydrogens (tertiary/aromatic N) is 4. The maximum atomic E-state index is 4.79. The quantitative estimate of drug-likeness (QED) is 0.715. The van der Waals surface area contributed by atoms with E-state index in [1.165, 1.54) is 24.0 Å². The van der Waals surface area contributed by atoms with Crippen molar-refractivity contribution >= 4 is 11.0 Å². The van der Waals surface area contributed by atoms with Crippen molar-refractivity contribution in [1.82, 2.24) is 20.1 Å². The highest BCUT2D eigenvalue weighted by Gasteiger charge is 2.23. The summed E-state index contributed by atoms with van der Waals surface area (Å²) < 4.78 is 4.79. The van der Waals surface area contributed by atoms with Crippen LogP contribution in [-0.2, 0) is 13.1 Å². The van der Waals surface area contributed by atoms with Crippen LogP contribution in [0.4, 0.5) is 0 Å². The molecule has 0 radical (unpaired) electrons. The maximum absolute atomic E-state index is 4.79. The summed E-state index contributed by atoms with van der Waals surface area (Å²) in [7, 11) is 2.24. The molecule has 1 aliphatic heterocycles. The fraction of sp³-hybridized carbons (Fsp3) is 0.400. The Morgan fingerprint density at radius 1 is 1.08 bits per heavy atom. The average Bonchev–Trinajstić information content (AvgIpc) is 3.10. The van der Waals surface area contributed by atoms with Crippen molar-refractivity contribution in [3.05, 3.63) is 59.7 Å². The van der Waals surface area contributed by atoms with Crippen LogP contribution in [-0.4, -0.2) is 46.3 Å². The second kappa shape index (κ2) is 7.33. The summed E-state index contributed by atoms with van der Waals surface area (Å²) >= 11 is 0. The Morgan fingerprint density at radius 2 is 1.92 bits per heavy atom. The van der Waals surface area contributed by atoms with Gasteiger partial charge in [-0.1, -0.05) is 36.4 Å². The molecule has 2 aromatic carbocycles. The molecule has 130 valence electrons. The third-order valence-corrected chi connectivity index (χ3v) is 5.10. The van der Waals surface area contributed by atoms with Crippen LogP contribution in [0.25, 0.3) is 11.0 Å². The molecule has 3 aromatic rings. The number of fused-ring (bicyclic) bond motifs is 1. The van der Waals surface area contributed by atoms with E-state index in [-0.39, 0.29) is 0 Å². The lowest BCUT2D eigenvalue weighted by atomic mass is 10.0. The molecule has 1 fully saturated rings. The van der Waals surface area contributed by atoms with E-state index in [4.69, 9.17) is 4.63 Å². The Kier molecular flexibility index (Phi) is 4.76. The molecule has 0 aliphatic carbocycles. The van der Waals surface area contributed by atoms with Crippen molar-refractivity contribution in [3.8, 4) is 0 Å². The lowest BCUT2D eigenvalue weighted by Gasteiger charge is -2.37. The number of aromatic nitrogens is 2. The molecule has 1 atom stereocenters. The molecule has 0 bridgehead atoms. The van der Waals surface area contributed by atoms with Crippen molar-refractivity contribution in [2.75, 3.05) is 20.1 Å². The first-order valence-corrected chi connectivity index (χ1v) is 8.96. The van der Waals surface area contributed by atoms with E-state index in [2.05, 4.69) is 69.6 Å². The van der Waals surface area contributed by atoms with Crippen molar-refractivity contribution in [3.63, 3.8) is 0 Å². The summed E-state index contributed by atoms with van der Waals surface area (Å²) in [5.41, 5.74) is 4.32. The zero-order valence-electron chi connectivity index (χ0n) is 14.6. The molecule has 4 rings (SSSR count). The zero-order chi connectivity index (χ0) is 17.1. The predicted molar refractivity (Wildman–Crippen MR) is 98.0 cm³/mol. The van der Waals surface area contributed by atoms with Gasteiger partial charge in [-0.25, -0.2) is 4.63 Å². The molecule has 1 saturated heterocycles. The van der Waals surface area contributed by atoms with Crippen LogP contribution in [0.1, 0.15) is 24.0 Å². The van der Waals surface area contributed by atoms with Gasteiger partial charge >= 0.3 is 0 Å². The Balaban J connectivity index is 1.38. The smallest absolute Gasteiger partial charge is 0.135 e. The summed E-state index contributed by atoms with van der Waals surface area (Å²) in [5.74, 6) is 0. The third kappa shape index (κ3) is 3.89. The highest BCUT2D eigenvalue weighted by Crippen LogP contribution is 2.20. The molecule has 0 spiro atoms. The van der Waals surface area contributed by atoms with Crippen LogP contribution >= 0.6 is 0 Å². The number of benzene rings is 2. The number of likely N-dealkylation sites (tertiary alicyclic amines) is 1. The fourth-order valence-electron chi connectivity index (χ4n) is 3.72. The molecule has 25 heavy (non-hydrogen) atoms. The predicted octanol–water partition coefficient (Wildman–Crippen LogP) is 3.32. The van der Waals surface area contributed by atoms with E-state index < -0.39 is 0 Å². The molecule has 0 saturated carbocycles. The minimum atomic E-state index is 0.603. The number of hydrogen-bond donors (Lipinski definition) is 0. The Bertz CT molecular complexity index is 817. The van der Waals surface area contributed by atoms with E-state index in [0.717, 1.165) is 37.2 Å². The van der Waals surface area contributed by atoms with Crippen LogP contribution in [0.2, 0.25) is 0 Å². The lowest BCUT2D eigenvalue weighted by Crippen LogP contribution is -2.45. The molecule has 5 nitrogen and oxygen atoms in total. The van der Waals surface area contributed by atoms with Gasteiger partial charge in [-0.3, -0.25) is 9.80 Å². The van der Waals surface area contributed by atoms with Crippen LogP contribution < -0.4 is 0 Å². The van der Waals surface area contributed by atoms with Gasteiger partial charge in [0.2, 0.25) is 0 Å². The fourth-order valence-corrected chi connectivity index (χ4v) is 3.72. The second-order valence-electron chi connectivity index (χ2n) is 7.02. The monoisotopic (exact) mass is 336 g/mol. The van der Waals surface area contributed by atoms with E-state index in [1.54, 1.807) is 0 Å². The van der Waals surface area contributed by atoms with Gasteiger partial charge < -0.3 is 0 Å². The van der Waals surface area contributed by atoms with Crippen molar-refractivity contribution in [2.24, 2.45) is 0 Å². The Morgan fingerprint density at radius 3 is 2.80 bits per heavy atom. The molecule has 5 heteroatoms. The number of hydrogen-bond acceptors (Lipinski definition) is 5. The minimum Gasteiger partial charge on any atom is -0.298 e. The summed E-state index contributed by atoms with van der Waals surface area (Å²) in [6.07, 6.45) is 2.52. The topological polar surface area (TPSA) is 45.4 Å². The highest BCUT2D eigenvalue weighted by atomic mass is 16.6. The van der Waals surface area contributed by atoms with Gasteiger partial charge in [0.1, 0.15) is 11.0 Å². The van der Waals surface area contributed by atoms with Gasteiger partial charge in [-0.05, 0) is 60.0 Å². The van der Waals surface area contributed by atoms with Gasteiger partial charge in [0.05, 0.1) is 0 Å². The maximum Gasteiger partial charge on any atom is 0.135 e. The minimum absolute atomic E-state index is 0.603. The molecule has 1 unspecified atom stereocenters. The number of piperidine rings is 1. The van der Waals surface area contributed by atoms with Gasteiger partial charge in [0.25, 0.3) is 0 Å². The molecule has 1 aliphatic rings. The van der Waals surface area contributed by atoms with Crippen LogP contribution in [0.5, 0.6) is 0 Å². The van der Waals surface area contributed by atoms with Crippen molar-refractivity contribution in [1.29, 1.82) is 0 Å². The first-order chi connectivity index (χ1) is 12.3. The van der Waals surface area contributed by atoms with Crippen LogP contribution in [0.15, 0.2) is 53.2 Å². The first kappa shape index (κ1) is 16.2. The van der Waals surface area contributed by atoms with Crippen LogP contribution in [0.3, 0.4) is 0 Å². The molecular formula is C20H24N4O. The van der Waals surface area contributed by atoms with E-state index in [9.17, 15) is 0 Å². The Labute approximate surface area is 148 Å². The summed E-state index contributed by atoms with van der Waals surface area (Å²) in [5, 5.41) is 7.82. The largest absolute Gasteiger partial charge is 0.298 e. The zero-order valence-corrected chi connectivity index (χ0v) is 14.6. The van der Waals surface area contributed by atoms with Gasteiger partial charge in [-0.2, -0.15) is 0 Å². The van der Waals surface area contributed by atoms with E-state index >= 15 is 0 Å². The average molecular weight is 336 g/mol. The second-order valence-corrected chi connectivity index (χ2v) is 7.02. The standard InChI is InChI=1S/C20H24N4O/c1-23(13-16-6-3-2-4-7-16)18-8-5-11-24(15-18)14-17-9-10-19-20(12-17)22-25-21-19/h2-4,6-7,9-10,12,18H,5,8,11,13-15H2,1H3. The van der Waals surface area contributed by atoms with Gasteiger partial charge in [0, 0.05) is 25.7 Å². The number of likely N-dealkylation sites (N-methyl/N-ethyl adjacent to an activating group) is 1. The molecular weight excluding hydrogens is 312 g/mol. The van der Waals surface area contributed by atoms with Gasteiger partial charge in [-0.15, -0.1) is 0 Å². The molecule has 2 heterocycles. The lowest BCUT2D eigenvalue weighted by molar-refractivity contribution is 0.107. The molecule has 1 aromatic heterocycles. The van der Waals surface area contributed by atoms with Crippen LogP contribution in [0, 0.1) is 0 Å². The van der Waals surface area contributed by atoms with Gasteiger partial charge in [0.15, 0.2) is 0 Å². The summed E-state index contributed by atoms with van der Waals surface area (Å²) in [4.78, 5) is 5.04. The Hall–Kier alpha value is -2.24. The van der Waals surface area contributed by atoms with E-state index in [1.807, 2.05) is 6.07 Å². The third-order valence-electron chi connectivity index (χ3n) is 5.10. The number of rotatable bonds is 5. The first-order valence-electron chi connectivity index (χ1n) is 8.96. The van der Waals surface area contributed by atoms with E-state index in [0.29, 0.717) is 6.04 Å². The summed E-state index contributed by atoms with van der Waals surface area (Å²) in [6.45, 7) is 4.23. The SMILES string of the molecule is CN(Cc1ccccc1)C1CCCN(Cc2ccc3nonc3c2)C1. The highest BCUT2D eigenvalue weighted by molar-refractivity contribution is 5.73. The summed E-state index contributed by atoms with van der Waals surface area (Å²) in [6, 6.07) is 17.5.